The Morgan fingerprint density at radius 3 is 2.30 bits per heavy atom. The molecule has 0 radical (unpaired) electrons. The Kier molecular flexibility index (Phi) is 5.46. The summed E-state index contributed by atoms with van der Waals surface area (Å²) in [6, 6.07) is 6.68. The van der Waals surface area contributed by atoms with Crippen LogP contribution < -0.4 is 0 Å². The van der Waals surface area contributed by atoms with Crippen molar-refractivity contribution in [2.24, 2.45) is 11.8 Å². The van der Waals surface area contributed by atoms with Crippen LogP contribution in [0.3, 0.4) is 0 Å². The zero-order chi connectivity index (χ0) is 18.8. The van der Waals surface area contributed by atoms with Crippen LogP contribution in [0, 0.1) is 17.7 Å². The quantitative estimate of drug-likeness (QED) is 0.807. The molecular formula is C22H29FN2O2. The number of amides is 2. The Morgan fingerprint density at radius 1 is 0.852 bits per heavy atom. The number of benzene rings is 1. The molecule has 3 aliphatic rings. The number of rotatable bonds is 3. The van der Waals surface area contributed by atoms with Gasteiger partial charge in [-0.1, -0.05) is 25.0 Å². The molecule has 1 unspecified atom stereocenters. The molecule has 1 saturated carbocycles. The molecule has 1 aliphatic carbocycles. The minimum Gasteiger partial charge on any atom is -0.342 e. The maximum Gasteiger partial charge on any atom is 0.226 e. The third-order valence-electron chi connectivity index (χ3n) is 6.35. The van der Waals surface area contributed by atoms with E-state index in [-0.39, 0.29) is 35.5 Å². The number of hydrogen-bond acceptors (Lipinski definition) is 2. The molecule has 4 nitrogen and oxygen atoms in total. The molecule has 0 spiro atoms. The van der Waals surface area contributed by atoms with Crippen LogP contribution >= 0.6 is 0 Å². The zero-order valence-corrected chi connectivity index (χ0v) is 15.9. The molecule has 146 valence electrons. The van der Waals surface area contributed by atoms with Crippen molar-refractivity contribution in [2.45, 2.75) is 57.4 Å². The molecule has 2 amide bonds. The van der Waals surface area contributed by atoms with Crippen LogP contribution in [0.25, 0.3) is 0 Å². The molecule has 0 bridgehead atoms. The van der Waals surface area contributed by atoms with Crippen molar-refractivity contribution in [3.05, 3.63) is 35.6 Å². The fourth-order valence-corrected chi connectivity index (χ4v) is 4.60. The van der Waals surface area contributed by atoms with Gasteiger partial charge in [0.25, 0.3) is 0 Å². The molecule has 5 heteroatoms. The van der Waals surface area contributed by atoms with Crippen molar-refractivity contribution in [2.75, 3.05) is 19.6 Å². The van der Waals surface area contributed by atoms with Crippen molar-refractivity contribution >= 4 is 11.8 Å². The first-order chi connectivity index (χ1) is 13.1. The maximum absolute atomic E-state index is 13.8. The lowest BCUT2D eigenvalue weighted by Gasteiger charge is -2.37. The first-order valence-electron chi connectivity index (χ1n) is 10.5. The highest BCUT2D eigenvalue weighted by Gasteiger charge is 2.38. The Labute approximate surface area is 160 Å². The molecule has 1 atom stereocenters. The highest BCUT2D eigenvalue weighted by atomic mass is 19.1. The summed E-state index contributed by atoms with van der Waals surface area (Å²) < 4.78 is 13.8. The number of carbonyl (C=O) groups is 2. The molecule has 2 heterocycles. The SMILES string of the molecule is O=C(C1CC1)N1CCC(C(=O)N2CCCCCC2c2cccc(F)c2)CC1. The molecule has 1 aromatic carbocycles. The van der Waals surface area contributed by atoms with Gasteiger partial charge < -0.3 is 9.80 Å². The Morgan fingerprint density at radius 2 is 1.59 bits per heavy atom. The van der Waals surface area contributed by atoms with Crippen molar-refractivity contribution in [3.8, 4) is 0 Å². The normalized spacial score (nSPS) is 24.6. The Bertz CT molecular complexity index is 695. The van der Waals surface area contributed by atoms with Crippen molar-refractivity contribution in [1.82, 2.24) is 9.80 Å². The zero-order valence-electron chi connectivity index (χ0n) is 15.9. The van der Waals surface area contributed by atoms with Crippen LogP contribution in [-0.4, -0.2) is 41.2 Å². The van der Waals surface area contributed by atoms with Crippen LogP contribution in [0.1, 0.15) is 63.0 Å². The highest BCUT2D eigenvalue weighted by molar-refractivity contribution is 5.82. The number of likely N-dealkylation sites (tertiary alicyclic amines) is 2. The second-order valence-corrected chi connectivity index (χ2v) is 8.33. The van der Waals surface area contributed by atoms with Gasteiger partial charge >= 0.3 is 0 Å². The fraction of sp³-hybridized carbons (Fsp3) is 0.636. The summed E-state index contributed by atoms with van der Waals surface area (Å²) in [5, 5.41) is 0. The van der Waals surface area contributed by atoms with Gasteiger partial charge in [-0.05, 0) is 56.2 Å². The van der Waals surface area contributed by atoms with E-state index < -0.39 is 0 Å². The maximum atomic E-state index is 13.8. The van der Waals surface area contributed by atoms with Gasteiger partial charge in [0.05, 0.1) is 6.04 Å². The van der Waals surface area contributed by atoms with Gasteiger partial charge in [0.1, 0.15) is 5.82 Å². The molecule has 3 fully saturated rings. The van der Waals surface area contributed by atoms with Crippen molar-refractivity contribution < 1.29 is 14.0 Å². The first-order valence-corrected chi connectivity index (χ1v) is 10.5. The van der Waals surface area contributed by atoms with Crippen molar-refractivity contribution in [3.63, 3.8) is 0 Å². The van der Waals surface area contributed by atoms with Gasteiger partial charge in [-0.25, -0.2) is 4.39 Å². The highest BCUT2D eigenvalue weighted by Crippen LogP contribution is 2.35. The monoisotopic (exact) mass is 372 g/mol. The van der Waals surface area contributed by atoms with E-state index in [0.29, 0.717) is 13.1 Å². The van der Waals surface area contributed by atoms with Crippen LogP contribution in [0.5, 0.6) is 0 Å². The van der Waals surface area contributed by atoms with Gasteiger partial charge in [0.2, 0.25) is 11.8 Å². The summed E-state index contributed by atoms with van der Waals surface area (Å²) in [5.74, 6) is 0.483. The molecule has 27 heavy (non-hydrogen) atoms. The van der Waals surface area contributed by atoms with Crippen LogP contribution in [0.2, 0.25) is 0 Å². The van der Waals surface area contributed by atoms with E-state index in [0.717, 1.165) is 63.5 Å². The number of hydrogen-bond donors (Lipinski definition) is 0. The predicted octanol–water partition coefficient (Wildman–Crippen LogP) is 3.92. The molecule has 0 aromatic heterocycles. The van der Waals surface area contributed by atoms with Gasteiger partial charge in [-0.3, -0.25) is 9.59 Å². The lowest BCUT2D eigenvalue weighted by atomic mass is 9.93. The summed E-state index contributed by atoms with van der Waals surface area (Å²) in [4.78, 5) is 29.5. The minimum absolute atomic E-state index is 0.0117. The number of piperidine rings is 1. The standard InChI is InChI=1S/C22H29FN2O2/c23-19-6-4-5-18(15-19)20-7-2-1-3-12-25(20)22(27)17-10-13-24(14-11-17)21(26)16-8-9-16/h4-6,15-17,20H,1-3,7-14H2. The Balaban J connectivity index is 1.44. The molecule has 1 aromatic rings. The minimum atomic E-state index is -0.240. The van der Waals surface area contributed by atoms with E-state index in [9.17, 15) is 14.0 Å². The van der Waals surface area contributed by atoms with Crippen LogP contribution in [0.4, 0.5) is 4.39 Å². The summed E-state index contributed by atoms with van der Waals surface area (Å²) in [6.45, 7) is 2.15. The molecular weight excluding hydrogens is 343 g/mol. The average molecular weight is 372 g/mol. The van der Waals surface area contributed by atoms with E-state index in [2.05, 4.69) is 0 Å². The van der Waals surface area contributed by atoms with Gasteiger partial charge in [0, 0.05) is 31.5 Å². The largest absolute Gasteiger partial charge is 0.342 e. The van der Waals surface area contributed by atoms with Gasteiger partial charge in [-0.2, -0.15) is 0 Å². The fourth-order valence-electron chi connectivity index (χ4n) is 4.60. The van der Waals surface area contributed by atoms with E-state index in [1.807, 2.05) is 15.9 Å². The lowest BCUT2D eigenvalue weighted by Crippen LogP contribution is -2.45. The van der Waals surface area contributed by atoms with E-state index in [1.165, 1.54) is 6.07 Å². The predicted molar refractivity (Wildman–Crippen MR) is 101 cm³/mol. The molecule has 4 rings (SSSR count). The summed E-state index contributed by atoms with van der Waals surface area (Å²) >= 11 is 0. The lowest BCUT2D eigenvalue weighted by molar-refractivity contribution is -0.143. The topological polar surface area (TPSA) is 40.6 Å². The average Bonchev–Trinajstić information content (AvgIpc) is 3.53. The van der Waals surface area contributed by atoms with Gasteiger partial charge in [0.15, 0.2) is 0 Å². The second-order valence-electron chi connectivity index (χ2n) is 8.33. The Hall–Kier alpha value is -1.91. The summed E-state index contributed by atoms with van der Waals surface area (Å²) in [7, 11) is 0. The first kappa shape index (κ1) is 18.5. The van der Waals surface area contributed by atoms with Crippen LogP contribution in [0.15, 0.2) is 24.3 Å². The summed E-state index contributed by atoms with van der Waals surface area (Å²) in [5.41, 5.74) is 0.909. The number of nitrogens with zero attached hydrogens (tertiary/aromatic N) is 2. The summed E-state index contributed by atoms with van der Waals surface area (Å²) in [6.07, 6.45) is 7.66. The third kappa shape index (κ3) is 4.17. The van der Waals surface area contributed by atoms with E-state index in [1.54, 1.807) is 12.1 Å². The van der Waals surface area contributed by atoms with Gasteiger partial charge in [-0.15, -0.1) is 0 Å². The smallest absolute Gasteiger partial charge is 0.226 e. The number of halogens is 1. The van der Waals surface area contributed by atoms with Crippen molar-refractivity contribution in [1.29, 1.82) is 0 Å². The third-order valence-corrected chi connectivity index (χ3v) is 6.35. The van der Waals surface area contributed by atoms with E-state index >= 15 is 0 Å². The molecule has 2 aliphatic heterocycles. The van der Waals surface area contributed by atoms with Crippen LogP contribution in [-0.2, 0) is 9.59 Å². The number of carbonyl (C=O) groups excluding carboxylic acids is 2. The molecule has 2 saturated heterocycles. The van der Waals surface area contributed by atoms with E-state index in [4.69, 9.17) is 0 Å². The molecule has 0 N–H and O–H groups in total. The second kappa shape index (κ2) is 7.99.